The second-order valence-corrected chi connectivity index (χ2v) is 4.71. The Bertz CT molecular complexity index is 158. The van der Waals surface area contributed by atoms with Crippen LogP contribution in [0.15, 0.2) is 0 Å². The molecule has 1 unspecified atom stereocenters. The van der Waals surface area contributed by atoms with Gasteiger partial charge in [0.1, 0.15) is 0 Å². The Hall–Kier alpha value is 0.360. The molecule has 0 saturated carbocycles. The second kappa shape index (κ2) is 7.60. The highest BCUT2D eigenvalue weighted by Crippen LogP contribution is 2.35. The molecule has 0 aliphatic carbocycles. The van der Waals surface area contributed by atoms with Crippen molar-refractivity contribution in [3.63, 3.8) is 0 Å². The molecule has 0 radical (unpaired) electrons. The van der Waals surface area contributed by atoms with Crippen molar-refractivity contribution in [2.45, 2.75) is 19.3 Å². The van der Waals surface area contributed by atoms with Gasteiger partial charge in [-0.2, -0.15) is 0 Å². The predicted octanol–water partition coefficient (Wildman–Crippen LogP) is 2.23. The monoisotopic (exact) mass is 280 g/mol. The molecule has 1 rings (SSSR count). The highest BCUT2D eigenvalue weighted by atomic mass is 79.9. The van der Waals surface area contributed by atoms with Gasteiger partial charge in [-0.25, -0.2) is 0 Å². The zero-order valence-corrected chi connectivity index (χ0v) is 11.1. The Labute approximate surface area is 101 Å². The van der Waals surface area contributed by atoms with Crippen LogP contribution in [0.1, 0.15) is 19.3 Å². The van der Waals surface area contributed by atoms with Gasteiger partial charge in [-0.1, -0.05) is 15.9 Å². The molecule has 15 heavy (non-hydrogen) atoms. The first-order valence-corrected chi connectivity index (χ1v) is 6.65. The lowest BCUT2D eigenvalue weighted by molar-refractivity contribution is 0.0633. The van der Waals surface area contributed by atoms with E-state index < -0.39 is 0 Å². The van der Waals surface area contributed by atoms with Gasteiger partial charge < -0.3 is 14.2 Å². The van der Waals surface area contributed by atoms with E-state index in [2.05, 4.69) is 15.9 Å². The third-order valence-electron chi connectivity index (χ3n) is 2.90. The first-order chi connectivity index (χ1) is 7.33. The largest absolute Gasteiger partial charge is 0.382 e. The third-order valence-corrected chi connectivity index (χ3v) is 4.09. The molecule has 1 fully saturated rings. The maximum absolute atomic E-state index is 5.46. The predicted molar refractivity (Wildman–Crippen MR) is 63.6 cm³/mol. The van der Waals surface area contributed by atoms with Crippen LogP contribution in [-0.4, -0.2) is 45.5 Å². The van der Waals surface area contributed by atoms with Crippen LogP contribution >= 0.6 is 15.9 Å². The number of rotatable bonds is 8. The molecule has 0 amide bonds. The Kier molecular flexibility index (Phi) is 6.81. The lowest BCUT2D eigenvalue weighted by Crippen LogP contribution is -2.23. The minimum Gasteiger partial charge on any atom is -0.382 e. The van der Waals surface area contributed by atoms with Crippen LogP contribution in [0, 0.1) is 5.41 Å². The van der Waals surface area contributed by atoms with Crippen molar-refractivity contribution in [3.05, 3.63) is 0 Å². The lowest BCUT2D eigenvalue weighted by atomic mass is 9.85. The number of alkyl halides is 1. The molecular formula is C11H21BrO3. The van der Waals surface area contributed by atoms with Crippen LogP contribution in [0.3, 0.4) is 0 Å². The Balaban J connectivity index is 2.02. The van der Waals surface area contributed by atoms with Gasteiger partial charge in [0.25, 0.3) is 0 Å². The molecule has 1 aliphatic heterocycles. The molecule has 90 valence electrons. The fraction of sp³-hybridized carbons (Fsp3) is 1.00. The smallest absolute Gasteiger partial charge is 0.0700 e. The van der Waals surface area contributed by atoms with Crippen molar-refractivity contribution in [2.24, 2.45) is 5.41 Å². The molecule has 4 heteroatoms. The van der Waals surface area contributed by atoms with Gasteiger partial charge >= 0.3 is 0 Å². The zero-order chi connectivity index (χ0) is 11.0. The first kappa shape index (κ1) is 13.4. The minimum atomic E-state index is 0.366. The van der Waals surface area contributed by atoms with Crippen LogP contribution in [0.25, 0.3) is 0 Å². The zero-order valence-electron chi connectivity index (χ0n) is 9.47. The molecule has 0 N–H and O–H groups in total. The van der Waals surface area contributed by atoms with Crippen molar-refractivity contribution >= 4 is 15.9 Å². The average Bonchev–Trinajstić information content (AvgIpc) is 2.73. The summed E-state index contributed by atoms with van der Waals surface area (Å²) in [4.78, 5) is 0. The Morgan fingerprint density at radius 2 is 2.20 bits per heavy atom. The summed E-state index contributed by atoms with van der Waals surface area (Å²) in [6, 6.07) is 0. The van der Waals surface area contributed by atoms with E-state index in [9.17, 15) is 0 Å². The van der Waals surface area contributed by atoms with E-state index in [1.165, 1.54) is 12.8 Å². The molecule has 1 saturated heterocycles. The van der Waals surface area contributed by atoms with Gasteiger partial charge in [-0.15, -0.1) is 0 Å². The van der Waals surface area contributed by atoms with E-state index >= 15 is 0 Å². The average molecular weight is 281 g/mol. The number of halogens is 1. The summed E-state index contributed by atoms with van der Waals surface area (Å²) in [5.74, 6) is 0. The molecule has 0 spiro atoms. The molecule has 0 bridgehead atoms. The van der Waals surface area contributed by atoms with Crippen molar-refractivity contribution in [3.8, 4) is 0 Å². The van der Waals surface area contributed by atoms with E-state index in [1.807, 2.05) is 0 Å². The van der Waals surface area contributed by atoms with E-state index in [0.717, 1.165) is 31.6 Å². The van der Waals surface area contributed by atoms with Crippen molar-refractivity contribution < 1.29 is 14.2 Å². The number of hydrogen-bond donors (Lipinski definition) is 0. The third kappa shape index (κ3) is 4.81. The van der Waals surface area contributed by atoms with Gasteiger partial charge in [0.05, 0.1) is 19.8 Å². The van der Waals surface area contributed by atoms with Crippen LogP contribution in [0.2, 0.25) is 0 Å². The van der Waals surface area contributed by atoms with Gasteiger partial charge in [0.2, 0.25) is 0 Å². The fourth-order valence-electron chi connectivity index (χ4n) is 1.81. The van der Waals surface area contributed by atoms with Crippen LogP contribution in [0.4, 0.5) is 0 Å². The minimum absolute atomic E-state index is 0.366. The summed E-state index contributed by atoms with van der Waals surface area (Å²) in [5.41, 5.74) is 0.366. The van der Waals surface area contributed by atoms with E-state index in [4.69, 9.17) is 14.2 Å². The normalized spacial score (nSPS) is 26.0. The van der Waals surface area contributed by atoms with Gasteiger partial charge in [0, 0.05) is 31.1 Å². The van der Waals surface area contributed by atoms with Gasteiger partial charge in [-0.05, 0) is 19.3 Å². The Morgan fingerprint density at radius 3 is 2.80 bits per heavy atom. The fourth-order valence-corrected chi connectivity index (χ4v) is 2.54. The number of methoxy groups -OCH3 is 1. The van der Waals surface area contributed by atoms with Crippen LogP contribution in [0.5, 0.6) is 0 Å². The SMILES string of the molecule is COCCOCCCC1(CBr)CCOC1. The van der Waals surface area contributed by atoms with Crippen molar-refractivity contribution in [1.82, 2.24) is 0 Å². The molecule has 3 nitrogen and oxygen atoms in total. The standard InChI is InChI=1S/C11H21BrO3/c1-13-7-8-14-5-2-3-11(9-12)4-6-15-10-11/h2-10H2,1H3. The van der Waals surface area contributed by atoms with E-state index in [1.54, 1.807) is 7.11 Å². The molecule has 1 heterocycles. The number of hydrogen-bond acceptors (Lipinski definition) is 3. The quantitative estimate of drug-likeness (QED) is 0.504. The lowest BCUT2D eigenvalue weighted by Gasteiger charge is -2.24. The summed E-state index contributed by atoms with van der Waals surface area (Å²) in [6.45, 7) is 4.03. The topological polar surface area (TPSA) is 27.7 Å². The Morgan fingerprint density at radius 1 is 1.33 bits per heavy atom. The van der Waals surface area contributed by atoms with Gasteiger partial charge in [0.15, 0.2) is 0 Å². The summed E-state index contributed by atoms with van der Waals surface area (Å²) in [5, 5.41) is 1.04. The molecule has 0 aromatic carbocycles. The van der Waals surface area contributed by atoms with Crippen LogP contribution < -0.4 is 0 Å². The maximum atomic E-state index is 5.46. The summed E-state index contributed by atoms with van der Waals surface area (Å²) >= 11 is 3.59. The van der Waals surface area contributed by atoms with Crippen molar-refractivity contribution in [1.29, 1.82) is 0 Å². The van der Waals surface area contributed by atoms with Crippen molar-refractivity contribution in [2.75, 3.05) is 45.5 Å². The van der Waals surface area contributed by atoms with Gasteiger partial charge in [-0.3, -0.25) is 0 Å². The molecule has 0 aromatic heterocycles. The maximum Gasteiger partial charge on any atom is 0.0700 e. The summed E-state index contributed by atoms with van der Waals surface area (Å²) in [7, 11) is 1.69. The highest BCUT2D eigenvalue weighted by Gasteiger charge is 2.32. The van der Waals surface area contributed by atoms with E-state index in [-0.39, 0.29) is 0 Å². The van der Waals surface area contributed by atoms with Crippen LogP contribution in [-0.2, 0) is 14.2 Å². The first-order valence-electron chi connectivity index (χ1n) is 5.53. The van der Waals surface area contributed by atoms with E-state index in [0.29, 0.717) is 18.6 Å². The number of ether oxygens (including phenoxy) is 3. The molecular weight excluding hydrogens is 260 g/mol. The summed E-state index contributed by atoms with van der Waals surface area (Å²) in [6.07, 6.45) is 3.47. The molecule has 1 aliphatic rings. The highest BCUT2D eigenvalue weighted by molar-refractivity contribution is 9.09. The molecule has 0 aromatic rings. The second-order valence-electron chi connectivity index (χ2n) is 4.14. The molecule has 1 atom stereocenters. The summed E-state index contributed by atoms with van der Waals surface area (Å²) < 4.78 is 15.8.